The minimum atomic E-state index is -0.378. The average molecular weight is 457 g/mol. The lowest BCUT2D eigenvalue weighted by Crippen LogP contribution is -2.35. The Labute approximate surface area is 196 Å². The Bertz CT molecular complexity index is 1400. The van der Waals surface area contributed by atoms with E-state index in [1.54, 1.807) is 11.0 Å². The number of benzene rings is 2. The fourth-order valence-corrected chi connectivity index (χ4v) is 4.81. The first-order valence-electron chi connectivity index (χ1n) is 10.8. The zero-order valence-electron chi connectivity index (χ0n) is 18.8. The summed E-state index contributed by atoms with van der Waals surface area (Å²) in [5, 5.41) is 10.1. The van der Waals surface area contributed by atoms with Gasteiger partial charge in [-0.3, -0.25) is 15.1 Å². The number of aliphatic imine (C=N–C) groups is 1. The van der Waals surface area contributed by atoms with Crippen molar-refractivity contribution in [1.82, 2.24) is 9.47 Å². The van der Waals surface area contributed by atoms with Gasteiger partial charge >= 0.3 is 0 Å². The van der Waals surface area contributed by atoms with Crippen molar-refractivity contribution in [2.24, 2.45) is 4.99 Å². The van der Waals surface area contributed by atoms with Gasteiger partial charge in [0.25, 0.3) is 5.91 Å². The van der Waals surface area contributed by atoms with E-state index in [0.29, 0.717) is 23.9 Å². The summed E-state index contributed by atoms with van der Waals surface area (Å²) in [4.78, 5) is 19.6. The molecule has 2 aliphatic heterocycles. The number of ether oxygens (including phenoxy) is 1. The largest absolute Gasteiger partial charge is 0.492 e. The summed E-state index contributed by atoms with van der Waals surface area (Å²) in [7, 11) is 0. The highest BCUT2D eigenvalue weighted by molar-refractivity contribution is 8.17. The van der Waals surface area contributed by atoms with Crippen LogP contribution in [0.3, 0.4) is 0 Å². The lowest BCUT2D eigenvalue weighted by molar-refractivity contribution is -0.114. The predicted molar refractivity (Wildman–Crippen MR) is 135 cm³/mol. The molecule has 6 nitrogen and oxygen atoms in total. The Morgan fingerprint density at radius 2 is 1.94 bits per heavy atom. The van der Waals surface area contributed by atoms with E-state index in [1.165, 1.54) is 22.9 Å². The summed E-state index contributed by atoms with van der Waals surface area (Å²) in [6.45, 7) is 7.30. The van der Waals surface area contributed by atoms with Crippen LogP contribution in [0.15, 0.2) is 70.3 Å². The second-order valence-electron chi connectivity index (χ2n) is 8.21. The second-order valence-corrected chi connectivity index (χ2v) is 9.42. The van der Waals surface area contributed by atoms with Crippen LogP contribution in [0, 0.1) is 19.3 Å². The third kappa shape index (κ3) is 4.00. The molecule has 0 fully saturated rings. The predicted octanol–water partition coefficient (Wildman–Crippen LogP) is 5.50. The first-order valence-corrected chi connectivity index (χ1v) is 11.6. The minimum Gasteiger partial charge on any atom is -0.492 e. The molecule has 0 spiro atoms. The third-order valence-corrected chi connectivity index (χ3v) is 6.79. The normalized spacial score (nSPS) is 16.9. The summed E-state index contributed by atoms with van der Waals surface area (Å²) < 4.78 is 8.12. The number of aromatic nitrogens is 1. The number of aryl methyl sites for hydroxylation is 2. The van der Waals surface area contributed by atoms with Crippen LogP contribution in [0.4, 0.5) is 0 Å². The number of hydrogen-bond acceptors (Lipinski definition) is 4. The van der Waals surface area contributed by atoms with Crippen molar-refractivity contribution in [2.75, 3.05) is 6.61 Å². The zero-order chi connectivity index (χ0) is 23.1. The molecule has 5 rings (SSSR count). The van der Waals surface area contributed by atoms with Crippen LogP contribution in [0.2, 0.25) is 0 Å². The second kappa shape index (κ2) is 8.41. The van der Waals surface area contributed by atoms with E-state index in [0.717, 1.165) is 27.1 Å². The van der Waals surface area contributed by atoms with Crippen LogP contribution in [0.5, 0.6) is 5.75 Å². The number of rotatable bonds is 5. The lowest BCUT2D eigenvalue weighted by Gasteiger charge is -2.22. The van der Waals surface area contributed by atoms with Gasteiger partial charge < -0.3 is 9.30 Å². The standard InChI is InChI=1S/C26H24N4O2S/c1-16-8-9-20(12-17(16)2)32-11-10-29-15-19(21-6-4-5-7-23(21)29)13-22-24(27)30-14-18(3)33-26(30)28-25(22)31/h4-9,12-15,27H,10-11H2,1-3H3. The van der Waals surface area contributed by atoms with E-state index in [4.69, 9.17) is 10.1 Å². The van der Waals surface area contributed by atoms with Gasteiger partial charge in [0.2, 0.25) is 0 Å². The molecular formula is C26H24N4O2S. The van der Waals surface area contributed by atoms with Gasteiger partial charge in [0.15, 0.2) is 5.17 Å². The third-order valence-electron chi connectivity index (χ3n) is 5.89. The summed E-state index contributed by atoms with van der Waals surface area (Å²) in [6.07, 6.45) is 5.64. The van der Waals surface area contributed by atoms with Gasteiger partial charge in [0.1, 0.15) is 18.2 Å². The molecule has 33 heavy (non-hydrogen) atoms. The maximum absolute atomic E-state index is 12.7. The van der Waals surface area contributed by atoms with Crippen LogP contribution in [0.1, 0.15) is 23.6 Å². The molecule has 1 amide bonds. The van der Waals surface area contributed by atoms with Crippen LogP contribution in [0.25, 0.3) is 17.0 Å². The molecule has 0 radical (unpaired) electrons. The molecule has 0 saturated carbocycles. The number of carbonyl (C=O) groups excluding carboxylic acids is 1. The molecule has 0 aliphatic carbocycles. The van der Waals surface area contributed by atoms with Gasteiger partial charge in [-0.15, -0.1) is 0 Å². The molecule has 3 heterocycles. The van der Waals surface area contributed by atoms with Gasteiger partial charge in [0.05, 0.1) is 12.1 Å². The number of carbonyl (C=O) groups is 1. The molecule has 0 unspecified atom stereocenters. The Balaban J connectivity index is 1.42. The smallest absolute Gasteiger partial charge is 0.283 e. The topological polar surface area (TPSA) is 70.7 Å². The van der Waals surface area contributed by atoms with E-state index in [1.807, 2.05) is 43.6 Å². The molecule has 166 valence electrons. The van der Waals surface area contributed by atoms with Crippen LogP contribution >= 0.6 is 11.8 Å². The van der Waals surface area contributed by atoms with Gasteiger partial charge in [-0.1, -0.05) is 36.0 Å². The summed E-state index contributed by atoms with van der Waals surface area (Å²) in [6, 6.07) is 14.2. The van der Waals surface area contributed by atoms with E-state index < -0.39 is 0 Å². The Morgan fingerprint density at radius 3 is 2.76 bits per heavy atom. The number of nitrogens with one attached hydrogen (secondary N) is 1. The number of allylic oxidation sites excluding steroid dienone is 1. The van der Waals surface area contributed by atoms with Crippen molar-refractivity contribution in [3.63, 3.8) is 0 Å². The number of amidine groups is 2. The molecule has 0 bridgehead atoms. The van der Waals surface area contributed by atoms with Gasteiger partial charge in [-0.2, -0.15) is 4.99 Å². The molecule has 7 heteroatoms. The van der Waals surface area contributed by atoms with E-state index in [-0.39, 0.29) is 11.7 Å². The van der Waals surface area contributed by atoms with Gasteiger partial charge in [-0.05, 0) is 56.2 Å². The van der Waals surface area contributed by atoms with Crippen LogP contribution < -0.4 is 4.74 Å². The highest BCUT2D eigenvalue weighted by Crippen LogP contribution is 2.33. The molecule has 1 aromatic heterocycles. The number of nitrogens with zero attached hydrogens (tertiary/aromatic N) is 3. The highest BCUT2D eigenvalue weighted by atomic mass is 32.2. The quantitative estimate of drug-likeness (QED) is 0.515. The number of para-hydroxylation sites is 1. The highest BCUT2D eigenvalue weighted by Gasteiger charge is 2.33. The first-order chi connectivity index (χ1) is 15.9. The SMILES string of the molecule is CC1=CN2C(=N)C(=Cc3cn(CCOc4ccc(C)c(C)c4)c4ccccc34)C(=O)N=C2S1. The number of fused-ring (bicyclic) bond motifs is 2. The van der Waals surface area contributed by atoms with Crippen molar-refractivity contribution >= 4 is 45.7 Å². The molecular weight excluding hydrogens is 432 g/mol. The maximum atomic E-state index is 12.7. The molecule has 3 aromatic rings. The van der Waals surface area contributed by atoms with E-state index in [2.05, 4.69) is 41.6 Å². The lowest BCUT2D eigenvalue weighted by atomic mass is 10.1. The average Bonchev–Trinajstić information content (AvgIpc) is 3.34. The Hall–Kier alpha value is -3.58. The summed E-state index contributed by atoms with van der Waals surface area (Å²) in [5.41, 5.74) is 4.68. The summed E-state index contributed by atoms with van der Waals surface area (Å²) in [5.74, 6) is 0.639. The zero-order valence-corrected chi connectivity index (χ0v) is 19.6. The van der Waals surface area contributed by atoms with Crippen LogP contribution in [-0.4, -0.2) is 33.0 Å². The molecule has 2 aromatic carbocycles. The molecule has 0 atom stereocenters. The first kappa shape index (κ1) is 21.3. The fourth-order valence-electron chi connectivity index (χ4n) is 4.00. The van der Waals surface area contributed by atoms with E-state index >= 15 is 0 Å². The van der Waals surface area contributed by atoms with Gasteiger partial charge in [-0.25, -0.2) is 0 Å². The number of amides is 1. The number of thioether (sulfide) groups is 1. The molecule has 2 aliphatic rings. The van der Waals surface area contributed by atoms with Crippen molar-refractivity contribution in [2.45, 2.75) is 27.3 Å². The van der Waals surface area contributed by atoms with Crippen molar-refractivity contribution in [3.8, 4) is 5.75 Å². The van der Waals surface area contributed by atoms with Crippen molar-refractivity contribution < 1.29 is 9.53 Å². The molecule has 0 saturated heterocycles. The maximum Gasteiger partial charge on any atom is 0.283 e. The minimum absolute atomic E-state index is 0.157. The van der Waals surface area contributed by atoms with Crippen molar-refractivity contribution in [1.29, 1.82) is 5.41 Å². The van der Waals surface area contributed by atoms with Gasteiger partial charge in [0, 0.05) is 33.8 Å². The molecule has 1 N–H and O–H groups in total. The monoisotopic (exact) mass is 456 g/mol. The number of hydrogen-bond donors (Lipinski definition) is 1. The summed E-state index contributed by atoms with van der Waals surface area (Å²) >= 11 is 1.41. The van der Waals surface area contributed by atoms with E-state index in [9.17, 15) is 4.79 Å². The fraction of sp³-hybridized carbons (Fsp3) is 0.192. The Morgan fingerprint density at radius 1 is 1.12 bits per heavy atom. The van der Waals surface area contributed by atoms with Crippen LogP contribution in [-0.2, 0) is 11.3 Å². The van der Waals surface area contributed by atoms with Crippen molar-refractivity contribution in [3.05, 3.63) is 82.0 Å². The Kier molecular flexibility index (Phi) is 5.42.